The number of nitrogens with zero attached hydrogens (tertiary/aromatic N) is 1. The van der Waals surface area contributed by atoms with Crippen molar-refractivity contribution < 1.29 is 9.53 Å². The van der Waals surface area contributed by atoms with Crippen molar-refractivity contribution in [3.8, 4) is 5.75 Å². The summed E-state index contributed by atoms with van der Waals surface area (Å²) >= 11 is 0. The zero-order valence-corrected chi connectivity index (χ0v) is 11.9. The lowest BCUT2D eigenvalue weighted by Gasteiger charge is -2.12. The standard InChI is InChI=1S/C17H17NO2/c1-11(2)18-16-8-12(10-19)4-6-14(16)15-7-5-13(20-3)9-17(15)18/h4-11H,1-3H3. The smallest absolute Gasteiger partial charge is 0.150 e. The van der Waals surface area contributed by atoms with Crippen LogP contribution >= 0.6 is 0 Å². The van der Waals surface area contributed by atoms with Crippen molar-refractivity contribution in [2.24, 2.45) is 0 Å². The van der Waals surface area contributed by atoms with E-state index in [2.05, 4.69) is 30.5 Å². The van der Waals surface area contributed by atoms with E-state index in [0.29, 0.717) is 11.6 Å². The fourth-order valence-electron chi connectivity index (χ4n) is 2.80. The van der Waals surface area contributed by atoms with Gasteiger partial charge in [0.15, 0.2) is 0 Å². The van der Waals surface area contributed by atoms with Gasteiger partial charge >= 0.3 is 0 Å². The molecule has 0 bridgehead atoms. The number of hydrogen-bond acceptors (Lipinski definition) is 2. The van der Waals surface area contributed by atoms with E-state index in [-0.39, 0.29) is 0 Å². The topological polar surface area (TPSA) is 31.2 Å². The Balaban J connectivity index is 2.48. The van der Waals surface area contributed by atoms with Gasteiger partial charge < -0.3 is 9.30 Å². The summed E-state index contributed by atoms with van der Waals surface area (Å²) in [6, 6.07) is 12.3. The number of rotatable bonds is 3. The number of hydrogen-bond donors (Lipinski definition) is 0. The molecule has 0 saturated heterocycles. The van der Waals surface area contributed by atoms with Crippen LogP contribution in [0.5, 0.6) is 5.75 Å². The first-order valence-corrected chi connectivity index (χ1v) is 6.72. The second-order valence-corrected chi connectivity index (χ2v) is 5.24. The number of aldehydes is 1. The van der Waals surface area contributed by atoms with Gasteiger partial charge in [-0.1, -0.05) is 12.1 Å². The predicted molar refractivity (Wildman–Crippen MR) is 81.8 cm³/mol. The summed E-state index contributed by atoms with van der Waals surface area (Å²) in [5, 5.41) is 2.36. The molecule has 3 rings (SSSR count). The second kappa shape index (κ2) is 4.67. The van der Waals surface area contributed by atoms with Crippen molar-refractivity contribution in [3.05, 3.63) is 42.0 Å². The molecule has 0 aliphatic rings. The van der Waals surface area contributed by atoms with Crippen LogP contribution in [0.15, 0.2) is 36.4 Å². The molecular weight excluding hydrogens is 250 g/mol. The fraction of sp³-hybridized carbons (Fsp3) is 0.235. The highest BCUT2D eigenvalue weighted by Crippen LogP contribution is 2.34. The van der Waals surface area contributed by atoms with Crippen LogP contribution in [0.25, 0.3) is 21.8 Å². The molecule has 0 amide bonds. The molecule has 0 unspecified atom stereocenters. The third-order valence-electron chi connectivity index (χ3n) is 3.69. The highest BCUT2D eigenvalue weighted by Gasteiger charge is 2.13. The molecule has 3 nitrogen and oxygen atoms in total. The normalized spacial score (nSPS) is 11.4. The summed E-state index contributed by atoms with van der Waals surface area (Å²) in [4.78, 5) is 11.0. The molecule has 102 valence electrons. The number of fused-ring (bicyclic) bond motifs is 3. The molecule has 0 saturated carbocycles. The number of carbonyl (C=O) groups excluding carboxylic acids is 1. The highest BCUT2D eigenvalue weighted by molar-refractivity contribution is 6.09. The molecule has 0 atom stereocenters. The van der Waals surface area contributed by atoms with Crippen LogP contribution in [0, 0.1) is 0 Å². The third kappa shape index (κ3) is 1.78. The average molecular weight is 267 g/mol. The van der Waals surface area contributed by atoms with Gasteiger partial charge in [0.05, 0.1) is 18.1 Å². The van der Waals surface area contributed by atoms with Crippen molar-refractivity contribution in [2.45, 2.75) is 19.9 Å². The maximum absolute atomic E-state index is 11.0. The summed E-state index contributed by atoms with van der Waals surface area (Å²) in [6.07, 6.45) is 0.891. The van der Waals surface area contributed by atoms with E-state index in [1.54, 1.807) is 7.11 Å². The fourth-order valence-corrected chi connectivity index (χ4v) is 2.80. The molecule has 0 N–H and O–H groups in total. The zero-order valence-electron chi connectivity index (χ0n) is 11.9. The molecule has 3 heteroatoms. The first-order valence-electron chi connectivity index (χ1n) is 6.72. The Kier molecular flexibility index (Phi) is 2.97. The highest BCUT2D eigenvalue weighted by atomic mass is 16.5. The Labute approximate surface area is 117 Å². The van der Waals surface area contributed by atoms with Crippen LogP contribution in [0.1, 0.15) is 30.2 Å². The minimum Gasteiger partial charge on any atom is -0.497 e. The van der Waals surface area contributed by atoms with Gasteiger partial charge in [-0.25, -0.2) is 0 Å². The maximum atomic E-state index is 11.0. The Hall–Kier alpha value is -2.29. The molecule has 0 aliphatic heterocycles. The van der Waals surface area contributed by atoms with E-state index in [9.17, 15) is 4.79 Å². The van der Waals surface area contributed by atoms with Crippen LogP contribution in [-0.4, -0.2) is 18.0 Å². The van der Waals surface area contributed by atoms with Crippen molar-refractivity contribution in [1.29, 1.82) is 0 Å². The quantitative estimate of drug-likeness (QED) is 0.666. The number of carbonyl (C=O) groups is 1. The molecule has 0 fully saturated rings. The molecular formula is C17H17NO2. The van der Waals surface area contributed by atoms with E-state index in [1.807, 2.05) is 24.3 Å². The Morgan fingerprint density at radius 3 is 2.30 bits per heavy atom. The monoisotopic (exact) mass is 267 g/mol. The summed E-state index contributed by atoms with van der Waals surface area (Å²) in [5.41, 5.74) is 2.93. The second-order valence-electron chi connectivity index (χ2n) is 5.24. The lowest BCUT2D eigenvalue weighted by Crippen LogP contribution is -2.00. The van der Waals surface area contributed by atoms with Gasteiger partial charge in [0, 0.05) is 28.4 Å². The number of aromatic nitrogens is 1. The van der Waals surface area contributed by atoms with Crippen molar-refractivity contribution in [2.75, 3.05) is 7.11 Å². The van der Waals surface area contributed by atoms with Gasteiger partial charge in [-0.3, -0.25) is 4.79 Å². The first kappa shape index (κ1) is 12.7. The van der Waals surface area contributed by atoms with Gasteiger partial charge in [-0.15, -0.1) is 0 Å². The van der Waals surface area contributed by atoms with E-state index in [0.717, 1.165) is 23.1 Å². The van der Waals surface area contributed by atoms with E-state index >= 15 is 0 Å². The van der Waals surface area contributed by atoms with Crippen LogP contribution < -0.4 is 4.74 Å². The van der Waals surface area contributed by atoms with Crippen LogP contribution in [0.3, 0.4) is 0 Å². The molecule has 2 aromatic carbocycles. The molecule has 0 radical (unpaired) electrons. The van der Waals surface area contributed by atoms with Crippen molar-refractivity contribution >= 4 is 28.1 Å². The third-order valence-corrected chi connectivity index (χ3v) is 3.69. The average Bonchev–Trinajstić information content (AvgIpc) is 2.79. The summed E-state index contributed by atoms with van der Waals surface area (Å²) in [7, 11) is 1.67. The summed E-state index contributed by atoms with van der Waals surface area (Å²) in [6.45, 7) is 4.29. The van der Waals surface area contributed by atoms with Crippen molar-refractivity contribution in [1.82, 2.24) is 4.57 Å². The SMILES string of the molecule is COc1ccc2c3ccc(C=O)cc3n(C(C)C)c2c1. The van der Waals surface area contributed by atoms with Crippen molar-refractivity contribution in [3.63, 3.8) is 0 Å². The van der Waals surface area contributed by atoms with Gasteiger partial charge in [0.1, 0.15) is 12.0 Å². The van der Waals surface area contributed by atoms with E-state index in [1.165, 1.54) is 10.8 Å². The van der Waals surface area contributed by atoms with E-state index in [4.69, 9.17) is 4.74 Å². The van der Waals surface area contributed by atoms with E-state index < -0.39 is 0 Å². The van der Waals surface area contributed by atoms with Crippen LogP contribution in [0.4, 0.5) is 0 Å². The van der Waals surface area contributed by atoms with Crippen LogP contribution in [-0.2, 0) is 0 Å². The molecule has 1 heterocycles. The molecule has 20 heavy (non-hydrogen) atoms. The summed E-state index contributed by atoms with van der Waals surface area (Å²) in [5.74, 6) is 0.845. The van der Waals surface area contributed by atoms with Gasteiger partial charge in [-0.05, 0) is 32.0 Å². The maximum Gasteiger partial charge on any atom is 0.150 e. The Morgan fingerprint density at radius 2 is 1.70 bits per heavy atom. The van der Waals surface area contributed by atoms with Crippen LogP contribution in [0.2, 0.25) is 0 Å². The zero-order chi connectivity index (χ0) is 14.3. The molecule has 1 aromatic heterocycles. The minimum absolute atomic E-state index is 0.309. The molecule has 0 spiro atoms. The Bertz CT molecular complexity index is 799. The number of methoxy groups -OCH3 is 1. The minimum atomic E-state index is 0.309. The summed E-state index contributed by atoms with van der Waals surface area (Å²) < 4.78 is 7.58. The molecule has 0 aliphatic carbocycles. The largest absolute Gasteiger partial charge is 0.497 e. The van der Waals surface area contributed by atoms with Gasteiger partial charge in [0.25, 0.3) is 0 Å². The Morgan fingerprint density at radius 1 is 1.05 bits per heavy atom. The predicted octanol–water partition coefficient (Wildman–Crippen LogP) is 4.20. The first-order chi connectivity index (χ1) is 9.65. The lowest BCUT2D eigenvalue weighted by molar-refractivity contribution is 0.112. The van der Waals surface area contributed by atoms with Gasteiger partial charge in [-0.2, -0.15) is 0 Å². The van der Waals surface area contributed by atoms with Gasteiger partial charge in [0.2, 0.25) is 0 Å². The number of benzene rings is 2. The molecule has 3 aromatic rings. The lowest BCUT2D eigenvalue weighted by atomic mass is 10.1. The number of ether oxygens (including phenoxy) is 1.